The summed E-state index contributed by atoms with van der Waals surface area (Å²) in [6, 6.07) is 6.46. The highest BCUT2D eigenvalue weighted by Crippen LogP contribution is 2.11. The lowest BCUT2D eigenvalue weighted by Gasteiger charge is -2.05. The number of aliphatic hydroxyl groups is 1. The molecule has 0 saturated heterocycles. The zero-order valence-electron chi connectivity index (χ0n) is 7.80. The molecule has 0 bridgehead atoms. The number of aryl methyl sites for hydroxylation is 2. The molecule has 0 aliphatic heterocycles. The van der Waals surface area contributed by atoms with Gasteiger partial charge in [-0.3, -0.25) is 0 Å². The van der Waals surface area contributed by atoms with Crippen molar-refractivity contribution in [1.29, 1.82) is 0 Å². The van der Waals surface area contributed by atoms with Crippen molar-refractivity contribution in [2.75, 3.05) is 6.61 Å². The van der Waals surface area contributed by atoms with E-state index in [1.54, 1.807) is 0 Å². The van der Waals surface area contributed by atoms with E-state index in [0.717, 1.165) is 12.8 Å². The van der Waals surface area contributed by atoms with Crippen LogP contribution in [0.1, 0.15) is 23.6 Å². The Morgan fingerprint density at radius 3 is 2.67 bits per heavy atom. The standard InChI is InChI=1S/C11H16O/c1-3-10-5-4-9(2)11(8-10)6-7-12/h4-5,8,12H,3,6-7H2,1-2H3. The number of aliphatic hydroxyl groups excluding tert-OH is 1. The molecular formula is C11H16O. The van der Waals surface area contributed by atoms with Gasteiger partial charge in [0.1, 0.15) is 0 Å². The van der Waals surface area contributed by atoms with Gasteiger partial charge in [-0.1, -0.05) is 25.1 Å². The molecule has 0 fully saturated rings. The van der Waals surface area contributed by atoms with Gasteiger partial charge < -0.3 is 5.11 Å². The van der Waals surface area contributed by atoms with Crippen molar-refractivity contribution in [3.05, 3.63) is 34.9 Å². The zero-order valence-corrected chi connectivity index (χ0v) is 7.80. The van der Waals surface area contributed by atoms with Crippen LogP contribution >= 0.6 is 0 Å². The van der Waals surface area contributed by atoms with Crippen molar-refractivity contribution in [3.8, 4) is 0 Å². The van der Waals surface area contributed by atoms with Crippen LogP contribution in [0.3, 0.4) is 0 Å². The molecule has 0 radical (unpaired) electrons. The Morgan fingerprint density at radius 1 is 1.33 bits per heavy atom. The van der Waals surface area contributed by atoms with E-state index in [9.17, 15) is 0 Å². The highest BCUT2D eigenvalue weighted by molar-refractivity contribution is 5.31. The zero-order chi connectivity index (χ0) is 8.97. The third-order valence-corrected chi connectivity index (χ3v) is 2.20. The molecule has 12 heavy (non-hydrogen) atoms. The minimum Gasteiger partial charge on any atom is -0.396 e. The maximum absolute atomic E-state index is 8.81. The van der Waals surface area contributed by atoms with E-state index >= 15 is 0 Å². The first-order valence-electron chi connectivity index (χ1n) is 4.47. The summed E-state index contributed by atoms with van der Waals surface area (Å²) in [4.78, 5) is 0. The van der Waals surface area contributed by atoms with Crippen LogP contribution in [0.5, 0.6) is 0 Å². The minimum atomic E-state index is 0.244. The third kappa shape index (κ3) is 2.08. The molecule has 0 amide bonds. The molecule has 0 aliphatic carbocycles. The summed E-state index contributed by atoms with van der Waals surface area (Å²) < 4.78 is 0. The first kappa shape index (κ1) is 9.27. The second-order valence-corrected chi connectivity index (χ2v) is 3.09. The fourth-order valence-electron chi connectivity index (χ4n) is 1.33. The van der Waals surface area contributed by atoms with Gasteiger partial charge in [-0.25, -0.2) is 0 Å². The Labute approximate surface area is 74.1 Å². The molecule has 1 rings (SSSR count). The summed E-state index contributed by atoms with van der Waals surface area (Å²) in [5.41, 5.74) is 3.90. The van der Waals surface area contributed by atoms with Crippen LogP contribution in [0.15, 0.2) is 18.2 Å². The smallest absolute Gasteiger partial charge is 0.0471 e. The summed E-state index contributed by atoms with van der Waals surface area (Å²) in [6.07, 6.45) is 1.85. The minimum absolute atomic E-state index is 0.244. The van der Waals surface area contributed by atoms with Crippen molar-refractivity contribution in [2.45, 2.75) is 26.7 Å². The van der Waals surface area contributed by atoms with E-state index in [-0.39, 0.29) is 6.61 Å². The number of hydrogen-bond donors (Lipinski definition) is 1. The second kappa shape index (κ2) is 4.27. The van der Waals surface area contributed by atoms with Crippen molar-refractivity contribution < 1.29 is 5.11 Å². The molecule has 1 aromatic rings. The van der Waals surface area contributed by atoms with Crippen LogP contribution in [0.2, 0.25) is 0 Å². The van der Waals surface area contributed by atoms with Gasteiger partial charge in [-0.2, -0.15) is 0 Å². The van der Waals surface area contributed by atoms with E-state index in [1.165, 1.54) is 16.7 Å². The Balaban J connectivity index is 2.91. The molecule has 0 unspecified atom stereocenters. The van der Waals surface area contributed by atoms with Crippen molar-refractivity contribution in [3.63, 3.8) is 0 Å². The molecule has 66 valence electrons. The van der Waals surface area contributed by atoms with Crippen molar-refractivity contribution in [1.82, 2.24) is 0 Å². The molecule has 0 heterocycles. The van der Waals surface area contributed by atoms with Crippen LogP contribution in [-0.2, 0) is 12.8 Å². The van der Waals surface area contributed by atoms with E-state index in [2.05, 4.69) is 32.0 Å². The van der Waals surface area contributed by atoms with Crippen LogP contribution in [0.4, 0.5) is 0 Å². The molecule has 1 N–H and O–H groups in total. The van der Waals surface area contributed by atoms with Crippen molar-refractivity contribution >= 4 is 0 Å². The summed E-state index contributed by atoms with van der Waals surface area (Å²) in [7, 11) is 0. The van der Waals surface area contributed by atoms with Crippen molar-refractivity contribution in [2.24, 2.45) is 0 Å². The molecule has 1 aromatic carbocycles. The first-order chi connectivity index (χ1) is 5.77. The van der Waals surface area contributed by atoms with E-state index in [0.29, 0.717) is 0 Å². The van der Waals surface area contributed by atoms with Gasteiger partial charge in [0, 0.05) is 6.61 Å². The number of hydrogen-bond acceptors (Lipinski definition) is 1. The quantitative estimate of drug-likeness (QED) is 0.725. The van der Waals surface area contributed by atoms with Gasteiger partial charge in [-0.15, -0.1) is 0 Å². The fraction of sp³-hybridized carbons (Fsp3) is 0.455. The molecule has 1 nitrogen and oxygen atoms in total. The topological polar surface area (TPSA) is 20.2 Å². The lowest BCUT2D eigenvalue weighted by molar-refractivity contribution is 0.299. The largest absolute Gasteiger partial charge is 0.396 e. The lowest BCUT2D eigenvalue weighted by Crippen LogP contribution is -1.95. The Bertz CT molecular complexity index is 253. The van der Waals surface area contributed by atoms with Gasteiger partial charge >= 0.3 is 0 Å². The Morgan fingerprint density at radius 2 is 2.08 bits per heavy atom. The normalized spacial score (nSPS) is 10.2. The maximum atomic E-state index is 8.81. The van der Waals surface area contributed by atoms with Gasteiger partial charge in [-0.05, 0) is 36.5 Å². The predicted molar refractivity (Wildman–Crippen MR) is 51.3 cm³/mol. The molecule has 0 saturated carbocycles. The third-order valence-electron chi connectivity index (χ3n) is 2.20. The van der Waals surface area contributed by atoms with E-state index < -0.39 is 0 Å². The number of benzene rings is 1. The summed E-state index contributed by atoms with van der Waals surface area (Å²) in [6.45, 7) is 4.48. The van der Waals surface area contributed by atoms with Crippen LogP contribution < -0.4 is 0 Å². The molecule has 1 heteroatoms. The van der Waals surface area contributed by atoms with Crippen LogP contribution in [0, 0.1) is 6.92 Å². The summed E-state index contributed by atoms with van der Waals surface area (Å²) in [5, 5.41) is 8.81. The van der Waals surface area contributed by atoms with Gasteiger partial charge in [0.05, 0.1) is 0 Å². The first-order valence-corrected chi connectivity index (χ1v) is 4.47. The van der Waals surface area contributed by atoms with Gasteiger partial charge in [0.2, 0.25) is 0 Å². The lowest BCUT2D eigenvalue weighted by atomic mass is 10.0. The predicted octanol–water partition coefficient (Wildman–Crippen LogP) is 2.09. The van der Waals surface area contributed by atoms with Crippen LogP contribution in [-0.4, -0.2) is 11.7 Å². The molecular weight excluding hydrogens is 148 g/mol. The van der Waals surface area contributed by atoms with Gasteiger partial charge in [0.15, 0.2) is 0 Å². The monoisotopic (exact) mass is 164 g/mol. The maximum Gasteiger partial charge on any atom is 0.0471 e. The molecule has 0 spiro atoms. The van der Waals surface area contributed by atoms with Gasteiger partial charge in [0.25, 0.3) is 0 Å². The highest BCUT2D eigenvalue weighted by Gasteiger charge is 1.98. The second-order valence-electron chi connectivity index (χ2n) is 3.09. The van der Waals surface area contributed by atoms with E-state index in [1.807, 2.05) is 0 Å². The molecule has 0 aromatic heterocycles. The Hall–Kier alpha value is -0.820. The highest BCUT2D eigenvalue weighted by atomic mass is 16.2. The molecule has 0 aliphatic rings. The average molecular weight is 164 g/mol. The van der Waals surface area contributed by atoms with E-state index in [4.69, 9.17) is 5.11 Å². The summed E-state index contributed by atoms with van der Waals surface area (Å²) in [5.74, 6) is 0. The summed E-state index contributed by atoms with van der Waals surface area (Å²) >= 11 is 0. The number of rotatable bonds is 3. The fourth-order valence-corrected chi connectivity index (χ4v) is 1.33. The van der Waals surface area contributed by atoms with Crippen LogP contribution in [0.25, 0.3) is 0 Å². The molecule has 0 atom stereocenters. The average Bonchev–Trinajstić information content (AvgIpc) is 2.09. The Kier molecular flexibility index (Phi) is 3.30. The SMILES string of the molecule is CCc1ccc(C)c(CCO)c1.